The zero-order valence-electron chi connectivity index (χ0n) is 16.8. The van der Waals surface area contributed by atoms with Crippen LogP contribution in [0.15, 0.2) is 80.6 Å². The van der Waals surface area contributed by atoms with Gasteiger partial charge < -0.3 is 5.32 Å². The molecule has 6 N–H and O–H groups in total. The molecule has 0 unspecified atom stereocenters. The maximum atomic E-state index is 11.4. The van der Waals surface area contributed by atoms with E-state index in [-0.39, 0.29) is 9.79 Å². The zero-order valence-corrected chi connectivity index (χ0v) is 18.5. The summed E-state index contributed by atoms with van der Waals surface area (Å²) in [6, 6.07) is 12.2. The molecule has 12 heteroatoms. The van der Waals surface area contributed by atoms with E-state index in [0.717, 1.165) is 17.7 Å². The number of sulfonamides is 2. The Morgan fingerprint density at radius 2 is 1.34 bits per heavy atom. The fourth-order valence-electron chi connectivity index (χ4n) is 2.62. The normalized spacial score (nSPS) is 14.4. The molecular formula is C20H22N6O4S2. The number of allylic oxidation sites excluding steroid dienone is 2. The molecular weight excluding hydrogens is 452 g/mol. The maximum absolute atomic E-state index is 11.4. The highest BCUT2D eigenvalue weighted by Gasteiger charge is 2.07. The van der Waals surface area contributed by atoms with E-state index in [1.165, 1.54) is 24.3 Å². The lowest BCUT2D eigenvalue weighted by Gasteiger charge is -2.02. The summed E-state index contributed by atoms with van der Waals surface area (Å²) in [6.45, 7) is 1.39. The van der Waals surface area contributed by atoms with Gasteiger partial charge in [-0.2, -0.15) is 5.10 Å². The maximum Gasteiger partial charge on any atom is 0.238 e. The SMILES string of the molecule is NS(=O)(=O)c1ccc(C=CC(C=Cc2ccc(S(N)(=O)=O)cc2)=NNC2=NCCN2)cc1. The van der Waals surface area contributed by atoms with Crippen molar-refractivity contribution in [2.24, 2.45) is 20.4 Å². The summed E-state index contributed by atoms with van der Waals surface area (Å²) >= 11 is 0. The fourth-order valence-corrected chi connectivity index (χ4v) is 3.65. The van der Waals surface area contributed by atoms with Crippen molar-refractivity contribution in [1.29, 1.82) is 0 Å². The summed E-state index contributed by atoms with van der Waals surface area (Å²) in [5.41, 5.74) is 4.87. The molecule has 0 bridgehead atoms. The van der Waals surface area contributed by atoms with Crippen molar-refractivity contribution in [1.82, 2.24) is 10.7 Å². The van der Waals surface area contributed by atoms with Gasteiger partial charge in [-0.1, -0.05) is 36.4 Å². The number of hydrogen-bond acceptors (Lipinski definition) is 8. The Bertz CT molecular complexity index is 1210. The lowest BCUT2D eigenvalue weighted by atomic mass is 10.1. The van der Waals surface area contributed by atoms with E-state index < -0.39 is 20.0 Å². The van der Waals surface area contributed by atoms with E-state index in [0.29, 0.717) is 18.2 Å². The Morgan fingerprint density at radius 1 is 0.875 bits per heavy atom. The second-order valence-electron chi connectivity index (χ2n) is 6.70. The lowest BCUT2D eigenvalue weighted by Crippen LogP contribution is -2.30. The molecule has 2 aromatic rings. The molecule has 0 amide bonds. The third-order valence-electron chi connectivity index (χ3n) is 4.28. The Kier molecular flexibility index (Phi) is 7.20. The van der Waals surface area contributed by atoms with Gasteiger partial charge in [0.25, 0.3) is 0 Å². The van der Waals surface area contributed by atoms with Crippen molar-refractivity contribution in [3.8, 4) is 0 Å². The van der Waals surface area contributed by atoms with Crippen molar-refractivity contribution >= 4 is 43.9 Å². The quantitative estimate of drug-likeness (QED) is 0.338. The van der Waals surface area contributed by atoms with Crippen LogP contribution in [0.25, 0.3) is 12.2 Å². The lowest BCUT2D eigenvalue weighted by molar-refractivity contribution is 0.596. The first-order valence-electron chi connectivity index (χ1n) is 9.35. The number of guanidine groups is 1. The summed E-state index contributed by atoms with van der Waals surface area (Å²) in [6.07, 6.45) is 6.96. The van der Waals surface area contributed by atoms with Crippen molar-refractivity contribution < 1.29 is 16.8 Å². The van der Waals surface area contributed by atoms with Crippen molar-refractivity contribution in [3.63, 3.8) is 0 Å². The summed E-state index contributed by atoms with van der Waals surface area (Å²) in [4.78, 5) is 4.26. The first-order chi connectivity index (χ1) is 15.1. The molecule has 1 aliphatic rings. The van der Waals surface area contributed by atoms with Crippen LogP contribution < -0.4 is 21.0 Å². The molecule has 0 radical (unpaired) electrons. The van der Waals surface area contributed by atoms with E-state index in [2.05, 4.69) is 20.8 Å². The third-order valence-corrected chi connectivity index (χ3v) is 6.13. The smallest absolute Gasteiger partial charge is 0.238 e. The van der Waals surface area contributed by atoms with Crippen LogP contribution in [0.1, 0.15) is 11.1 Å². The van der Waals surface area contributed by atoms with E-state index in [4.69, 9.17) is 10.3 Å². The fraction of sp³-hybridized carbons (Fsp3) is 0.100. The van der Waals surface area contributed by atoms with Gasteiger partial charge in [0, 0.05) is 6.54 Å². The standard InChI is InChI=1S/C20H22N6O4S2/c21-31(27,28)18-9-3-15(4-10-18)1-7-17(25-26-20-23-13-14-24-20)8-2-16-5-11-19(12-6-16)32(22,29)30/h1-12H,13-14H2,(H2,21,27,28)(H2,22,29,30)(H2,23,24,26). The highest BCUT2D eigenvalue weighted by Crippen LogP contribution is 2.12. The molecule has 0 saturated heterocycles. The van der Waals surface area contributed by atoms with Gasteiger partial charge >= 0.3 is 0 Å². The highest BCUT2D eigenvalue weighted by molar-refractivity contribution is 7.89. The molecule has 2 aromatic carbocycles. The second kappa shape index (κ2) is 9.87. The number of rotatable bonds is 7. The summed E-state index contributed by atoms with van der Waals surface area (Å²) in [7, 11) is -7.51. The summed E-state index contributed by atoms with van der Waals surface area (Å²) in [5.74, 6) is 0.555. The van der Waals surface area contributed by atoms with Gasteiger partial charge in [0.15, 0.2) is 0 Å². The predicted octanol–water partition coefficient (Wildman–Crippen LogP) is 0.613. The average Bonchev–Trinajstić information content (AvgIpc) is 3.26. The van der Waals surface area contributed by atoms with E-state index in [1.54, 1.807) is 48.6 Å². The van der Waals surface area contributed by atoms with Gasteiger partial charge in [-0.3, -0.25) is 0 Å². The van der Waals surface area contributed by atoms with Crippen LogP contribution in [0.2, 0.25) is 0 Å². The average molecular weight is 475 g/mol. The number of hydrogen-bond donors (Lipinski definition) is 4. The first-order valence-corrected chi connectivity index (χ1v) is 12.4. The predicted molar refractivity (Wildman–Crippen MR) is 125 cm³/mol. The molecule has 0 fully saturated rings. The molecule has 168 valence electrons. The van der Waals surface area contributed by atoms with Crippen LogP contribution >= 0.6 is 0 Å². The molecule has 0 aromatic heterocycles. The molecule has 0 atom stereocenters. The van der Waals surface area contributed by atoms with Crippen molar-refractivity contribution in [3.05, 3.63) is 71.8 Å². The monoisotopic (exact) mass is 474 g/mol. The Balaban J connectivity index is 1.81. The van der Waals surface area contributed by atoms with Gasteiger partial charge in [-0.05, 0) is 47.5 Å². The van der Waals surface area contributed by atoms with Gasteiger partial charge in [0.05, 0.1) is 22.0 Å². The Hall–Kier alpha value is -3.32. The highest BCUT2D eigenvalue weighted by atomic mass is 32.2. The van der Waals surface area contributed by atoms with E-state index >= 15 is 0 Å². The number of nitrogens with one attached hydrogen (secondary N) is 2. The van der Waals surface area contributed by atoms with Gasteiger partial charge in [-0.15, -0.1) is 0 Å². The van der Waals surface area contributed by atoms with Crippen molar-refractivity contribution in [2.75, 3.05) is 13.1 Å². The molecule has 10 nitrogen and oxygen atoms in total. The molecule has 0 aliphatic carbocycles. The van der Waals surface area contributed by atoms with Crippen molar-refractivity contribution in [2.45, 2.75) is 9.79 Å². The van der Waals surface area contributed by atoms with Crippen LogP contribution in [0, 0.1) is 0 Å². The molecule has 32 heavy (non-hydrogen) atoms. The minimum atomic E-state index is -3.76. The van der Waals surface area contributed by atoms with E-state index in [9.17, 15) is 16.8 Å². The topological polar surface area (TPSA) is 169 Å². The molecule has 3 rings (SSSR count). The van der Waals surface area contributed by atoms with Gasteiger partial charge in [0.1, 0.15) is 0 Å². The zero-order chi connectivity index (χ0) is 23.2. The minimum Gasteiger partial charge on any atom is -0.353 e. The first kappa shape index (κ1) is 23.3. The largest absolute Gasteiger partial charge is 0.353 e. The third kappa shape index (κ3) is 6.85. The summed E-state index contributed by atoms with van der Waals surface area (Å²) in [5, 5.41) is 17.6. The molecule has 1 aliphatic heterocycles. The van der Waals surface area contributed by atoms with Crippen LogP contribution in [0.4, 0.5) is 0 Å². The number of aliphatic imine (C=N–C) groups is 1. The Morgan fingerprint density at radius 3 is 1.72 bits per heavy atom. The molecule has 0 spiro atoms. The van der Waals surface area contributed by atoms with Crippen LogP contribution in [0.5, 0.6) is 0 Å². The number of primary sulfonamides is 2. The second-order valence-corrected chi connectivity index (χ2v) is 9.82. The summed E-state index contributed by atoms with van der Waals surface area (Å²) < 4.78 is 45.5. The molecule has 0 saturated carbocycles. The van der Waals surface area contributed by atoms with Gasteiger partial charge in [-0.25, -0.2) is 37.5 Å². The van der Waals surface area contributed by atoms with Crippen LogP contribution in [0.3, 0.4) is 0 Å². The molecule has 1 heterocycles. The van der Waals surface area contributed by atoms with Crippen LogP contribution in [-0.4, -0.2) is 41.6 Å². The number of hydrazone groups is 1. The number of nitrogens with two attached hydrogens (primary N) is 2. The number of nitrogens with zero attached hydrogens (tertiary/aromatic N) is 2. The minimum absolute atomic E-state index is 0.0263. The van der Waals surface area contributed by atoms with E-state index in [1.807, 2.05) is 0 Å². The van der Waals surface area contributed by atoms with Gasteiger partial charge in [0.2, 0.25) is 26.0 Å². The van der Waals surface area contributed by atoms with Crippen LogP contribution in [-0.2, 0) is 20.0 Å². The Labute approximate surface area is 186 Å². The number of benzene rings is 2.